The minimum absolute atomic E-state index is 0.0287. The van der Waals surface area contributed by atoms with Crippen LogP contribution in [0.1, 0.15) is 50.2 Å². The van der Waals surface area contributed by atoms with E-state index in [9.17, 15) is 8.42 Å². The molecule has 3 rings (SSSR count). The molecule has 0 bridgehead atoms. The maximum Gasteiger partial charge on any atom is 0.333 e. The summed E-state index contributed by atoms with van der Waals surface area (Å²) in [5.74, 6) is -0.532. The summed E-state index contributed by atoms with van der Waals surface area (Å²) in [4.78, 5) is 0. The third-order valence-corrected chi connectivity index (χ3v) is 5.34. The maximum atomic E-state index is 10.8. The molecule has 2 atom stereocenters. The van der Waals surface area contributed by atoms with Gasteiger partial charge in [0.2, 0.25) is 0 Å². The molecular weight excluding hydrogens is 354 g/mol. The highest BCUT2D eigenvalue weighted by Gasteiger charge is 2.49. The van der Waals surface area contributed by atoms with Crippen LogP contribution in [0.5, 0.6) is 0 Å². The van der Waals surface area contributed by atoms with E-state index in [0.717, 1.165) is 31.2 Å². The van der Waals surface area contributed by atoms with Gasteiger partial charge in [0.15, 0.2) is 5.79 Å². The molecule has 1 saturated heterocycles. The standard InChI is InChI=1S/C16H22ClNO5S/c17-13-7-2-1-6-12(13)15-14(8-5-11-21-24(18,19)20)22-16(23-15)9-3-4-10-16/h1-2,6-7,14-15H,3-5,8-11H2,(H2,18,19,20). The molecule has 1 aromatic rings. The molecule has 1 spiro atoms. The summed E-state index contributed by atoms with van der Waals surface area (Å²) in [5, 5.41) is 5.48. The lowest BCUT2D eigenvalue weighted by Gasteiger charge is -2.22. The molecule has 0 amide bonds. The molecule has 0 aromatic heterocycles. The molecule has 1 heterocycles. The average Bonchev–Trinajstić information content (AvgIpc) is 3.11. The molecule has 1 aliphatic carbocycles. The largest absolute Gasteiger partial charge is 0.344 e. The van der Waals surface area contributed by atoms with Crippen LogP contribution in [0.3, 0.4) is 0 Å². The predicted octanol–water partition coefficient (Wildman–Crippen LogP) is 3.07. The van der Waals surface area contributed by atoms with Crippen LogP contribution in [0.2, 0.25) is 5.02 Å². The first-order valence-corrected chi connectivity index (χ1v) is 10.0. The van der Waals surface area contributed by atoms with Crippen LogP contribution in [-0.2, 0) is 24.0 Å². The molecule has 2 fully saturated rings. The molecule has 2 aliphatic rings. The van der Waals surface area contributed by atoms with Crippen LogP contribution in [-0.4, -0.2) is 26.9 Å². The second kappa shape index (κ2) is 7.27. The van der Waals surface area contributed by atoms with E-state index in [2.05, 4.69) is 4.18 Å². The lowest BCUT2D eigenvalue weighted by Crippen LogP contribution is -2.26. The molecule has 1 aliphatic heterocycles. The first-order chi connectivity index (χ1) is 11.4. The van der Waals surface area contributed by atoms with Gasteiger partial charge in [-0.3, -0.25) is 4.18 Å². The Hall–Kier alpha value is -0.700. The Bertz CT molecular complexity index is 675. The first kappa shape index (κ1) is 18.1. The zero-order chi connectivity index (χ0) is 17.2. The van der Waals surface area contributed by atoms with Crippen LogP contribution < -0.4 is 5.14 Å². The van der Waals surface area contributed by atoms with Gasteiger partial charge in [0, 0.05) is 23.4 Å². The van der Waals surface area contributed by atoms with Crippen LogP contribution in [0.25, 0.3) is 0 Å². The lowest BCUT2D eigenvalue weighted by atomic mass is 10.0. The highest BCUT2D eigenvalue weighted by atomic mass is 35.5. The Balaban J connectivity index is 1.70. The summed E-state index contributed by atoms with van der Waals surface area (Å²) in [6, 6.07) is 7.58. The number of hydrogen-bond acceptors (Lipinski definition) is 5. The summed E-state index contributed by atoms with van der Waals surface area (Å²) in [6.45, 7) is 0.0287. The van der Waals surface area contributed by atoms with Crippen molar-refractivity contribution >= 4 is 21.9 Å². The summed E-state index contributed by atoms with van der Waals surface area (Å²) in [6.07, 6.45) is 4.57. The number of ether oxygens (including phenoxy) is 2. The van der Waals surface area contributed by atoms with Crippen molar-refractivity contribution in [2.75, 3.05) is 6.61 Å². The fourth-order valence-corrected chi connectivity index (χ4v) is 4.06. The van der Waals surface area contributed by atoms with Crippen molar-refractivity contribution in [3.8, 4) is 0 Å². The van der Waals surface area contributed by atoms with E-state index >= 15 is 0 Å². The number of rotatable bonds is 6. The summed E-state index contributed by atoms with van der Waals surface area (Å²) in [5.41, 5.74) is 0.903. The molecule has 24 heavy (non-hydrogen) atoms. The van der Waals surface area contributed by atoms with Gasteiger partial charge < -0.3 is 9.47 Å². The molecule has 6 nitrogen and oxygen atoms in total. The Morgan fingerprint density at radius 2 is 1.96 bits per heavy atom. The van der Waals surface area contributed by atoms with Gasteiger partial charge >= 0.3 is 10.3 Å². The highest BCUT2D eigenvalue weighted by Crippen LogP contribution is 2.49. The topological polar surface area (TPSA) is 87.9 Å². The van der Waals surface area contributed by atoms with Crippen molar-refractivity contribution in [3.05, 3.63) is 34.9 Å². The Morgan fingerprint density at radius 1 is 1.25 bits per heavy atom. The minimum atomic E-state index is -3.91. The number of halogens is 1. The summed E-state index contributed by atoms with van der Waals surface area (Å²) >= 11 is 6.33. The Kier molecular flexibility index (Phi) is 5.48. The van der Waals surface area contributed by atoms with Gasteiger partial charge in [-0.2, -0.15) is 8.42 Å². The van der Waals surface area contributed by atoms with Gasteiger partial charge in [-0.15, -0.1) is 0 Å². The maximum absolute atomic E-state index is 10.8. The Labute approximate surface area is 147 Å². The van der Waals surface area contributed by atoms with Crippen molar-refractivity contribution in [1.82, 2.24) is 0 Å². The monoisotopic (exact) mass is 375 g/mol. The number of benzene rings is 1. The van der Waals surface area contributed by atoms with Crippen molar-refractivity contribution in [1.29, 1.82) is 0 Å². The van der Waals surface area contributed by atoms with E-state index < -0.39 is 16.1 Å². The molecule has 2 N–H and O–H groups in total. The van der Waals surface area contributed by atoms with Crippen molar-refractivity contribution in [3.63, 3.8) is 0 Å². The van der Waals surface area contributed by atoms with Crippen LogP contribution in [0, 0.1) is 0 Å². The number of hydrogen-bond donors (Lipinski definition) is 1. The van der Waals surface area contributed by atoms with Gasteiger partial charge in [-0.25, -0.2) is 5.14 Å². The minimum Gasteiger partial charge on any atom is -0.344 e. The third-order valence-electron chi connectivity index (χ3n) is 4.50. The van der Waals surface area contributed by atoms with E-state index in [1.54, 1.807) is 0 Å². The quantitative estimate of drug-likeness (QED) is 0.772. The SMILES string of the molecule is NS(=O)(=O)OCCCC1OC2(CCCC2)OC1c1ccccc1Cl. The van der Waals surface area contributed by atoms with E-state index in [0.29, 0.717) is 17.9 Å². The fourth-order valence-electron chi connectivity index (χ4n) is 3.46. The van der Waals surface area contributed by atoms with E-state index in [4.69, 9.17) is 26.2 Å². The molecule has 134 valence electrons. The van der Waals surface area contributed by atoms with Gasteiger partial charge in [-0.1, -0.05) is 29.8 Å². The molecular formula is C16H22ClNO5S. The van der Waals surface area contributed by atoms with Gasteiger partial charge in [0.05, 0.1) is 12.7 Å². The van der Waals surface area contributed by atoms with E-state index in [1.165, 1.54) is 0 Å². The molecule has 0 radical (unpaired) electrons. The average molecular weight is 376 g/mol. The highest BCUT2D eigenvalue weighted by molar-refractivity contribution is 7.84. The van der Waals surface area contributed by atoms with E-state index in [1.807, 2.05) is 24.3 Å². The fraction of sp³-hybridized carbons (Fsp3) is 0.625. The van der Waals surface area contributed by atoms with Crippen molar-refractivity contribution in [2.24, 2.45) is 5.14 Å². The zero-order valence-electron chi connectivity index (χ0n) is 13.3. The molecule has 8 heteroatoms. The van der Waals surface area contributed by atoms with Gasteiger partial charge in [-0.05, 0) is 31.7 Å². The van der Waals surface area contributed by atoms with Gasteiger partial charge in [0.1, 0.15) is 6.10 Å². The van der Waals surface area contributed by atoms with Gasteiger partial charge in [0.25, 0.3) is 0 Å². The zero-order valence-corrected chi connectivity index (χ0v) is 14.9. The van der Waals surface area contributed by atoms with E-state index in [-0.39, 0.29) is 18.8 Å². The predicted molar refractivity (Wildman–Crippen MR) is 89.6 cm³/mol. The van der Waals surface area contributed by atoms with Crippen molar-refractivity contribution < 1.29 is 22.1 Å². The molecule has 1 saturated carbocycles. The normalized spacial score (nSPS) is 26.2. The lowest BCUT2D eigenvalue weighted by molar-refractivity contribution is -0.170. The van der Waals surface area contributed by atoms with Crippen molar-refractivity contribution in [2.45, 2.75) is 56.5 Å². The second-order valence-corrected chi connectivity index (χ2v) is 7.92. The Morgan fingerprint density at radius 3 is 2.62 bits per heavy atom. The van der Waals surface area contributed by atoms with Crippen LogP contribution >= 0.6 is 11.6 Å². The van der Waals surface area contributed by atoms with Crippen LogP contribution in [0.15, 0.2) is 24.3 Å². The second-order valence-electron chi connectivity index (χ2n) is 6.29. The number of nitrogens with two attached hydrogens (primary N) is 1. The van der Waals surface area contributed by atoms with Crippen LogP contribution in [0.4, 0.5) is 0 Å². The third kappa shape index (κ3) is 4.28. The molecule has 2 unspecified atom stereocenters. The molecule has 1 aromatic carbocycles. The summed E-state index contributed by atoms with van der Waals surface area (Å²) < 4.78 is 38.8. The summed E-state index contributed by atoms with van der Waals surface area (Å²) in [7, 11) is -3.91. The first-order valence-electron chi connectivity index (χ1n) is 8.16. The smallest absolute Gasteiger partial charge is 0.333 e.